The number of hydrogen-bond acceptors (Lipinski definition) is 4. The Balaban J connectivity index is 1.97. The molecule has 17 heavy (non-hydrogen) atoms. The summed E-state index contributed by atoms with van der Waals surface area (Å²) in [4.78, 5) is 13.6. The van der Waals surface area contributed by atoms with Gasteiger partial charge < -0.3 is 4.74 Å². The maximum absolute atomic E-state index is 10.1. The first-order valence-electron chi connectivity index (χ1n) is 5.75. The van der Waals surface area contributed by atoms with Gasteiger partial charge in [-0.15, -0.1) is 0 Å². The summed E-state index contributed by atoms with van der Waals surface area (Å²) in [5, 5.41) is 0. The standard InChI is InChI=1S/C13H15NO2S/c15-10-14-8-11-3-1-4-12(7-11)16-13-5-2-6-17-9-13/h1,3-4,7,13H,2,5-6,8-9H2. The van der Waals surface area contributed by atoms with Gasteiger partial charge in [0.2, 0.25) is 6.08 Å². The summed E-state index contributed by atoms with van der Waals surface area (Å²) >= 11 is 1.95. The summed E-state index contributed by atoms with van der Waals surface area (Å²) in [5.74, 6) is 3.18. The van der Waals surface area contributed by atoms with E-state index < -0.39 is 0 Å². The lowest BCUT2D eigenvalue weighted by atomic mass is 10.2. The summed E-state index contributed by atoms with van der Waals surface area (Å²) in [6.45, 7) is 0.375. The first kappa shape index (κ1) is 12.2. The molecule has 0 aliphatic carbocycles. The van der Waals surface area contributed by atoms with Crippen LogP contribution >= 0.6 is 11.8 Å². The van der Waals surface area contributed by atoms with E-state index in [1.807, 2.05) is 36.0 Å². The number of ether oxygens (including phenoxy) is 1. The third kappa shape index (κ3) is 3.91. The van der Waals surface area contributed by atoms with Crippen LogP contribution in [0.5, 0.6) is 5.75 Å². The largest absolute Gasteiger partial charge is 0.490 e. The molecule has 0 saturated carbocycles. The second kappa shape index (κ2) is 6.48. The van der Waals surface area contributed by atoms with Crippen LogP contribution in [-0.4, -0.2) is 23.7 Å². The molecular weight excluding hydrogens is 234 g/mol. The van der Waals surface area contributed by atoms with E-state index in [0.717, 1.165) is 23.5 Å². The fraction of sp³-hybridized carbons (Fsp3) is 0.462. The molecule has 0 amide bonds. The van der Waals surface area contributed by atoms with Gasteiger partial charge in [0, 0.05) is 5.75 Å². The highest BCUT2D eigenvalue weighted by Crippen LogP contribution is 2.23. The summed E-state index contributed by atoms with van der Waals surface area (Å²) in [6.07, 6.45) is 4.22. The third-order valence-electron chi connectivity index (χ3n) is 2.65. The predicted octanol–water partition coefficient (Wildman–Crippen LogP) is 2.80. The number of rotatable bonds is 4. The van der Waals surface area contributed by atoms with E-state index in [-0.39, 0.29) is 0 Å². The highest BCUT2D eigenvalue weighted by Gasteiger charge is 2.15. The molecule has 2 rings (SSSR count). The molecule has 0 radical (unpaired) electrons. The van der Waals surface area contributed by atoms with Crippen molar-refractivity contribution in [3.05, 3.63) is 29.8 Å². The lowest BCUT2D eigenvalue weighted by Crippen LogP contribution is -2.23. The smallest absolute Gasteiger partial charge is 0.235 e. The second-order valence-corrected chi connectivity index (χ2v) is 5.16. The molecule has 1 aromatic carbocycles. The zero-order valence-electron chi connectivity index (χ0n) is 9.59. The van der Waals surface area contributed by atoms with E-state index in [1.165, 1.54) is 12.2 Å². The molecule has 0 aromatic heterocycles. The molecule has 1 saturated heterocycles. The van der Waals surface area contributed by atoms with Crippen molar-refractivity contribution in [3.8, 4) is 5.75 Å². The van der Waals surface area contributed by atoms with Crippen LogP contribution in [0.3, 0.4) is 0 Å². The molecule has 1 heterocycles. The summed E-state index contributed by atoms with van der Waals surface area (Å²) < 4.78 is 5.91. The molecule has 1 aromatic rings. The molecular formula is C13H15NO2S. The van der Waals surface area contributed by atoms with Crippen LogP contribution in [0.2, 0.25) is 0 Å². The van der Waals surface area contributed by atoms with Gasteiger partial charge in [-0.2, -0.15) is 11.8 Å². The minimum atomic E-state index is 0.318. The predicted molar refractivity (Wildman–Crippen MR) is 69.2 cm³/mol. The van der Waals surface area contributed by atoms with Crippen molar-refractivity contribution < 1.29 is 9.53 Å². The monoisotopic (exact) mass is 249 g/mol. The molecule has 1 atom stereocenters. The van der Waals surface area contributed by atoms with Crippen LogP contribution < -0.4 is 4.74 Å². The molecule has 4 heteroatoms. The van der Waals surface area contributed by atoms with E-state index in [9.17, 15) is 4.79 Å². The van der Waals surface area contributed by atoms with Crippen molar-refractivity contribution in [2.45, 2.75) is 25.5 Å². The Morgan fingerprint density at radius 2 is 2.47 bits per heavy atom. The Bertz CT molecular complexity index is 410. The van der Waals surface area contributed by atoms with Crippen molar-refractivity contribution in [1.29, 1.82) is 0 Å². The Kier molecular flexibility index (Phi) is 4.65. The quantitative estimate of drug-likeness (QED) is 0.608. The number of hydrogen-bond donors (Lipinski definition) is 0. The molecule has 1 aliphatic rings. The van der Waals surface area contributed by atoms with Crippen molar-refractivity contribution in [2.75, 3.05) is 11.5 Å². The lowest BCUT2D eigenvalue weighted by Gasteiger charge is -2.22. The normalized spacial score (nSPS) is 19.4. The van der Waals surface area contributed by atoms with Gasteiger partial charge in [0.15, 0.2) is 0 Å². The SMILES string of the molecule is O=C=NCc1cccc(OC2CCCSC2)c1. The summed E-state index contributed by atoms with van der Waals surface area (Å²) in [5.41, 5.74) is 0.981. The van der Waals surface area contributed by atoms with E-state index in [1.54, 1.807) is 6.08 Å². The van der Waals surface area contributed by atoms with Gasteiger partial charge in [-0.05, 0) is 36.3 Å². The maximum Gasteiger partial charge on any atom is 0.235 e. The number of nitrogens with zero attached hydrogens (tertiary/aromatic N) is 1. The fourth-order valence-corrected chi connectivity index (χ4v) is 2.87. The van der Waals surface area contributed by atoms with Crippen LogP contribution in [-0.2, 0) is 11.3 Å². The van der Waals surface area contributed by atoms with Gasteiger partial charge >= 0.3 is 0 Å². The topological polar surface area (TPSA) is 38.7 Å². The molecule has 1 fully saturated rings. The number of isocyanates is 1. The van der Waals surface area contributed by atoms with E-state index in [2.05, 4.69) is 4.99 Å². The van der Waals surface area contributed by atoms with Crippen molar-refractivity contribution in [2.24, 2.45) is 4.99 Å². The zero-order chi connectivity index (χ0) is 11.9. The average Bonchev–Trinajstić information content (AvgIpc) is 2.38. The fourth-order valence-electron chi connectivity index (χ4n) is 1.84. The first-order valence-corrected chi connectivity index (χ1v) is 6.91. The molecule has 1 unspecified atom stereocenters. The number of carbonyl (C=O) groups excluding carboxylic acids is 1. The van der Waals surface area contributed by atoms with Gasteiger partial charge in [0.25, 0.3) is 0 Å². The number of aliphatic imine (C=N–C) groups is 1. The van der Waals surface area contributed by atoms with Crippen LogP contribution in [0.15, 0.2) is 29.3 Å². The Morgan fingerprint density at radius 3 is 3.24 bits per heavy atom. The maximum atomic E-state index is 10.1. The van der Waals surface area contributed by atoms with Gasteiger partial charge in [-0.3, -0.25) is 0 Å². The van der Waals surface area contributed by atoms with Gasteiger partial charge in [-0.25, -0.2) is 9.79 Å². The number of benzene rings is 1. The molecule has 0 bridgehead atoms. The minimum absolute atomic E-state index is 0.318. The Hall–Kier alpha value is -1.25. The van der Waals surface area contributed by atoms with Gasteiger partial charge in [0.1, 0.15) is 11.9 Å². The highest BCUT2D eigenvalue weighted by molar-refractivity contribution is 7.99. The molecule has 0 spiro atoms. The van der Waals surface area contributed by atoms with Crippen molar-refractivity contribution in [1.82, 2.24) is 0 Å². The second-order valence-electron chi connectivity index (χ2n) is 4.01. The van der Waals surface area contributed by atoms with Gasteiger partial charge in [-0.1, -0.05) is 12.1 Å². The summed E-state index contributed by atoms with van der Waals surface area (Å²) in [7, 11) is 0. The van der Waals surface area contributed by atoms with Crippen LogP contribution in [0.4, 0.5) is 0 Å². The molecule has 0 N–H and O–H groups in total. The van der Waals surface area contributed by atoms with Crippen molar-refractivity contribution >= 4 is 17.8 Å². The van der Waals surface area contributed by atoms with Crippen LogP contribution in [0, 0.1) is 0 Å². The summed E-state index contributed by atoms with van der Waals surface area (Å²) in [6, 6.07) is 7.76. The van der Waals surface area contributed by atoms with Gasteiger partial charge in [0.05, 0.1) is 6.54 Å². The van der Waals surface area contributed by atoms with E-state index in [0.29, 0.717) is 12.6 Å². The minimum Gasteiger partial charge on any atom is -0.490 e. The molecule has 3 nitrogen and oxygen atoms in total. The van der Waals surface area contributed by atoms with E-state index >= 15 is 0 Å². The highest BCUT2D eigenvalue weighted by atomic mass is 32.2. The average molecular weight is 249 g/mol. The van der Waals surface area contributed by atoms with Crippen molar-refractivity contribution in [3.63, 3.8) is 0 Å². The van der Waals surface area contributed by atoms with E-state index in [4.69, 9.17) is 4.74 Å². The van der Waals surface area contributed by atoms with Crippen LogP contribution in [0.25, 0.3) is 0 Å². The molecule has 1 aliphatic heterocycles. The lowest BCUT2D eigenvalue weighted by molar-refractivity contribution is 0.211. The third-order valence-corrected chi connectivity index (χ3v) is 3.83. The first-order chi connectivity index (χ1) is 8.38. The number of thioether (sulfide) groups is 1. The Labute approximate surface area is 105 Å². The van der Waals surface area contributed by atoms with Crippen LogP contribution in [0.1, 0.15) is 18.4 Å². The Morgan fingerprint density at radius 1 is 1.53 bits per heavy atom. The molecule has 90 valence electrons. The zero-order valence-corrected chi connectivity index (χ0v) is 10.4.